The minimum absolute atomic E-state index is 0.0983. The Hall–Kier alpha value is -2.44. The van der Waals surface area contributed by atoms with Crippen LogP contribution in [0.25, 0.3) is 11.0 Å². The molecule has 2 aromatic carbocycles. The van der Waals surface area contributed by atoms with E-state index in [0.29, 0.717) is 49.7 Å². The lowest BCUT2D eigenvalue weighted by Gasteiger charge is -2.26. The SMILES string of the molecule is COC(=O)c1cccc(CSc2nc3cc(S(=O)(=O)N4CCOCC4)ccc3n2CC2CCCO2)c1. The Labute approximate surface area is 214 Å². The highest BCUT2D eigenvalue weighted by Gasteiger charge is 2.28. The van der Waals surface area contributed by atoms with Gasteiger partial charge in [0.15, 0.2) is 5.16 Å². The molecule has 36 heavy (non-hydrogen) atoms. The van der Waals surface area contributed by atoms with Gasteiger partial charge in [0.1, 0.15) is 0 Å². The summed E-state index contributed by atoms with van der Waals surface area (Å²) >= 11 is 1.55. The molecule has 0 radical (unpaired) electrons. The minimum atomic E-state index is -3.62. The van der Waals surface area contributed by atoms with Crippen molar-refractivity contribution in [3.8, 4) is 0 Å². The second-order valence-corrected chi connectivity index (χ2v) is 11.7. The van der Waals surface area contributed by atoms with Gasteiger partial charge in [-0.15, -0.1) is 0 Å². The van der Waals surface area contributed by atoms with Gasteiger partial charge in [-0.05, 0) is 48.7 Å². The summed E-state index contributed by atoms with van der Waals surface area (Å²) in [4.78, 5) is 17.0. The van der Waals surface area contributed by atoms with E-state index in [4.69, 9.17) is 19.2 Å². The van der Waals surface area contributed by atoms with Gasteiger partial charge >= 0.3 is 5.97 Å². The topological polar surface area (TPSA) is 100.0 Å². The molecular weight excluding hydrogens is 502 g/mol. The summed E-state index contributed by atoms with van der Waals surface area (Å²) in [5, 5.41) is 0.782. The number of thioether (sulfide) groups is 1. The molecule has 1 unspecified atom stereocenters. The standard InChI is InChI=1S/C25H29N3O6S2/c1-32-24(29)19-5-2-4-18(14-19)17-35-25-26-22-15-21(36(30,31)27-9-12-33-13-10-27)7-8-23(22)28(25)16-20-6-3-11-34-20/h2,4-5,7-8,14-15,20H,3,6,9-13,16-17H2,1H3. The third-order valence-corrected chi connectivity index (χ3v) is 9.36. The number of nitrogens with zero attached hydrogens (tertiary/aromatic N) is 3. The first-order valence-electron chi connectivity index (χ1n) is 12.0. The third kappa shape index (κ3) is 5.30. The molecule has 0 aliphatic carbocycles. The van der Waals surface area contributed by atoms with Gasteiger partial charge in [-0.1, -0.05) is 23.9 Å². The van der Waals surface area contributed by atoms with Gasteiger partial charge in [-0.2, -0.15) is 4.31 Å². The lowest BCUT2D eigenvalue weighted by atomic mass is 10.1. The number of morpholine rings is 1. The molecule has 2 aliphatic rings. The largest absolute Gasteiger partial charge is 0.465 e. The smallest absolute Gasteiger partial charge is 0.337 e. The maximum absolute atomic E-state index is 13.2. The van der Waals surface area contributed by atoms with E-state index >= 15 is 0 Å². The summed E-state index contributed by atoms with van der Waals surface area (Å²) in [7, 11) is -2.26. The predicted octanol–water partition coefficient (Wildman–Crippen LogP) is 3.32. The summed E-state index contributed by atoms with van der Waals surface area (Å²) in [6, 6.07) is 12.5. The molecule has 0 amide bonds. The van der Waals surface area contributed by atoms with E-state index < -0.39 is 10.0 Å². The maximum Gasteiger partial charge on any atom is 0.337 e. The summed E-state index contributed by atoms with van der Waals surface area (Å²) in [5.74, 6) is 0.222. The number of esters is 1. The molecular formula is C25H29N3O6S2. The van der Waals surface area contributed by atoms with Crippen LogP contribution in [0.2, 0.25) is 0 Å². The van der Waals surface area contributed by atoms with Gasteiger partial charge in [0.25, 0.3) is 0 Å². The number of aromatic nitrogens is 2. The van der Waals surface area contributed by atoms with Gasteiger partial charge < -0.3 is 18.8 Å². The number of carbonyl (C=O) groups excluding carboxylic acids is 1. The Morgan fingerprint density at radius 2 is 2.00 bits per heavy atom. The number of fused-ring (bicyclic) bond motifs is 1. The third-order valence-electron chi connectivity index (χ3n) is 6.42. The highest BCUT2D eigenvalue weighted by molar-refractivity contribution is 7.98. The molecule has 1 atom stereocenters. The Morgan fingerprint density at radius 1 is 1.17 bits per heavy atom. The Balaban J connectivity index is 1.45. The highest BCUT2D eigenvalue weighted by atomic mass is 32.2. The normalized spacial score (nSPS) is 19.1. The first-order chi connectivity index (χ1) is 17.5. The number of carbonyl (C=O) groups is 1. The molecule has 0 saturated carbocycles. The molecule has 3 heterocycles. The zero-order chi connectivity index (χ0) is 25.1. The van der Waals surface area contributed by atoms with Gasteiger partial charge in [0.2, 0.25) is 10.0 Å². The van der Waals surface area contributed by atoms with Crippen molar-refractivity contribution in [1.29, 1.82) is 0 Å². The zero-order valence-electron chi connectivity index (χ0n) is 20.1. The van der Waals surface area contributed by atoms with Crippen LogP contribution in [0.15, 0.2) is 52.5 Å². The molecule has 2 fully saturated rings. The van der Waals surface area contributed by atoms with Crippen molar-refractivity contribution in [3.05, 3.63) is 53.6 Å². The lowest BCUT2D eigenvalue weighted by Crippen LogP contribution is -2.40. The Morgan fingerprint density at radius 3 is 2.75 bits per heavy atom. The average Bonchev–Trinajstić information content (AvgIpc) is 3.55. The number of sulfonamides is 1. The zero-order valence-corrected chi connectivity index (χ0v) is 21.7. The van der Waals surface area contributed by atoms with Crippen molar-refractivity contribution in [2.24, 2.45) is 0 Å². The van der Waals surface area contributed by atoms with Crippen molar-refractivity contribution in [3.63, 3.8) is 0 Å². The molecule has 0 N–H and O–H groups in total. The van der Waals surface area contributed by atoms with Crippen molar-refractivity contribution in [2.45, 2.75) is 41.3 Å². The fourth-order valence-corrected chi connectivity index (χ4v) is 6.91. The number of ether oxygens (including phenoxy) is 3. The highest BCUT2D eigenvalue weighted by Crippen LogP contribution is 2.31. The van der Waals surface area contributed by atoms with Crippen molar-refractivity contribution in [2.75, 3.05) is 40.0 Å². The van der Waals surface area contributed by atoms with Crippen molar-refractivity contribution >= 4 is 38.8 Å². The number of benzene rings is 2. The number of hydrogen-bond acceptors (Lipinski definition) is 8. The predicted molar refractivity (Wildman–Crippen MR) is 136 cm³/mol. The van der Waals surface area contributed by atoms with Gasteiger partial charge in [0.05, 0.1) is 54.5 Å². The van der Waals surface area contributed by atoms with E-state index in [1.807, 2.05) is 24.3 Å². The molecule has 11 heteroatoms. The maximum atomic E-state index is 13.2. The van der Waals surface area contributed by atoms with Crippen LogP contribution in [-0.2, 0) is 36.5 Å². The van der Waals surface area contributed by atoms with Crippen molar-refractivity contribution in [1.82, 2.24) is 13.9 Å². The van der Waals surface area contributed by atoms with E-state index in [0.717, 1.165) is 35.7 Å². The van der Waals surface area contributed by atoms with Crippen LogP contribution in [0.4, 0.5) is 0 Å². The monoisotopic (exact) mass is 531 g/mol. The summed E-state index contributed by atoms with van der Waals surface area (Å²) in [5.41, 5.74) is 2.97. The number of hydrogen-bond donors (Lipinski definition) is 0. The quantitative estimate of drug-likeness (QED) is 0.322. The van der Waals surface area contributed by atoms with Crippen LogP contribution in [0.1, 0.15) is 28.8 Å². The molecule has 3 aromatic rings. The summed E-state index contributed by atoms with van der Waals surface area (Å²) in [6.07, 6.45) is 2.11. The fraction of sp³-hybridized carbons (Fsp3) is 0.440. The van der Waals surface area contributed by atoms with Crippen LogP contribution in [0, 0.1) is 0 Å². The van der Waals surface area contributed by atoms with Crippen LogP contribution in [-0.4, -0.2) is 74.4 Å². The minimum Gasteiger partial charge on any atom is -0.465 e. The Kier molecular flexibility index (Phi) is 7.63. The fourth-order valence-electron chi connectivity index (χ4n) is 4.52. The molecule has 1 aromatic heterocycles. The molecule has 5 rings (SSSR count). The molecule has 0 bridgehead atoms. The van der Waals surface area contributed by atoms with E-state index in [-0.39, 0.29) is 17.0 Å². The van der Waals surface area contributed by atoms with Crippen LogP contribution < -0.4 is 0 Å². The first-order valence-corrected chi connectivity index (χ1v) is 14.4. The van der Waals surface area contributed by atoms with E-state index in [2.05, 4.69) is 4.57 Å². The number of rotatable bonds is 8. The number of imidazole rings is 1. The van der Waals surface area contributed by atoms with Crippen LogP contribution >= 0.6 is 11.8 Å². The van der Waals surface area contributed by atoms with E-state index in [9.17, 15) is 13.2 Å². The number of methoxy groups -OCH3 is 1. The van der Waals surface area contributed by atoms with E-state index in [1.54, 1.807) is 30.0 Å². The van der Waals surface area contributed by atoms with Gasteiger partial charge in [-0.3, -0.25) is 0 Å². The van der Waals surface area contributed by atoms with E-state index in [1.165, 1.54) is 11.4 Å². The first kappa shape index (κ1) is 25.2. The summed E-state index contributed by atoms with van der Waals surface area (Å²) < 4.78 is 46.0. The van der Waals surface area contributed by atoms with Crippen LogP contribution in [0.3, 0.4) is 0 Å². The van der Waals surface area contributed by atoms with Gasteiger partial charge in [-0.25, -0.2) is 18.2 Å². The second kappa shape index (κ2) is 10.9. The lowest BCUT2D eigenvalue weighted by molar-refractivity contribution is 0.0600. The second-order valence-electron chi connectivity index (χ2n) is 8.79. The average molecular weight is 532 g/mol. The molecule has 192 valence electrons. The molecule has 2 saturated heterocycles. The Bertz CT molecular complexity index is 1350. The summed E-state index contributed by atoms with van der Waals surface area (Å²) in [6.45, 7) is 2.89. The molecule has 9 nitrogen and oxygen atoms in total. The van der Waals surface area contributed by atoms with Crippen LogP contribution in [0.5, 0.6) is 0 Å². The van der Waals surface area contributed by atoms with Crippen molar-refractivity contribution < 1.29 is 27.4 Å². The molecule has 0 spiro atoms. The van der Waals surface area contributed by atoms with Gasteiger partial charge in [0, 0.05) is 25.4 Å². The molecule has 2 aliphatic heterocycles.